The van der Waals surface area contributed by atoms with Crippen LogP contribution in [0.4, 0.5) is 10.6 Å². The molecule has 1 aliphatic rings. The number of hydrogen-bond acceptors (Lipinski definition) is 8. The molecule has 5 rings (SSSR count). The Morgan fingerprint density at radius 2 is 1.79 bits per heavy atom. The molecule has 3 aromatic carbocycles. The lowest BCUT2D eigenvalue weighted by Crippen LogP contribution is -2.47. The number of ether oxygens (including phenoxy) is 2. The molecule has 0 radical (unpaired) electrons. The van der Waals surface area contributed by atoms with Gasteiger partial charge in [-0.15, -0.1) is 10.2 Å². The zero-order valence-corrected chi connectivity index (χ0v) is 26.1. The Balaban J connectivity index is 1.49. The second kappa shape index (κ2) is 12.2. The van der Waals surface area contributed by atoms with E-state index in [9.17, 15) is 13.2 Å². The minimum Gasteiger partial charge on any atom is -0.488 e. The van der Waals surface area contributed by atoms with Gasteiger partial charge in [0.1, 0.15) is 23.7 Å². The zero-order valence-electron chi connectivity index (χ0n) is 25.3. The number of amides is 1. The van der Waals surface area contributed by atoms with Gasteiger partial charge in [0, 0.05) is 41.7 Å². The fraction of sp³-hybridized carbons (Fsp3) is 0.364. The smallest absolute Gasteiger partial charge is 0.410 e. The number of carbonyl (C=O) groups is 1. The van der Waals surface area contributed by atoms with Crippen LogP contribution in [-0.4, -0.2) is 60.6 Å². The topological polar surface area (TPSA) is 111 Å². The summed E-state index contributed by atoms with van der Waals surface area (Å²) in [7, 11) is -3.46. The molecule has 1 saturated heterocycles. The molecule has 0 unspecified atom stereocenters. The maximum absolute atomic E-state index is 12.7. The number of likely N-dealkylation sites (tertiary alicyclic amines) is 1. The van der Waals surface area contributed by atoms with Gasteiger partial charge in [0.25, 0.3) is 0 Å². The van der Waals surface area contributed by atoms with Crippen LogP contribution in [0.25, 0.3) is 22.0 Å². The third-order valence-electron chi connectivity index (χ3n) is 7.22. The van der Waals surface area contributed by atoms with E-state index in [0.29, 0.717) is 35.9 Å². The van der Waals surface area contributed by atoms with Crippen molar-refractivity contribution >= 4 is 32.5 Å². The van der Waals surface area contributed by atoms with Crippen molar-refractivity contribution in [3.8, 4) is 17.0 Å². The highest BCUT2D eigenvalue weighted by Gasteiger charge is 2.28. The number of sulfone groups is 1. The van der Waals surface area contributed by atoms with Crippen LogP contribution in [0.3, 0.4) is 0 Å². The summed E-state index contributed by atoms with van der Waals surface area (Å²) in [5.41, 5.74) is 2.67. The van der Waals surface area contributed by atoms with Crippen molar-refractivity contribution in [2.45, 2.75) is 63.7 Å². The van der Waals surface area contributed by atoms with Crippen LogP contribution in [-0.2, 0) is 21.2 Å². The first-order valence-electron chi connectivity index (χ1n) is 14.4. The summed E-state index contributed by atoms with van der Waals surface area (Å²) in [6.07, 6.45) is 2.58. The Morgan fingerprint density at radius 3 is 2.51 bits per heavy atom. The van der Waals surface area contributed by atoms with E-state index in [1.54, 1.807) is 23.1 Å². The van der Waals surface area contributed by atoms with Crippen LogP contribution in [0.5, 0.6) is 5.75 Å². The average Bonchev–Trinajstić information content (AvgIpc) is 2.95. The summed E-state index contributed by atoms with van der Waals surface area (Å²) < 4.78 is 36.6. The maximum Gasteiger partial charge on any atom is 0.410 e. The quantitative estimate of drug-likeness (QED) is 0.259. The molecule has 0 bridgehead atoms. The van der Waals surface area contributed by atoms with Crippen LogP contribution in [0.2, 0.25) is 0 Å². The third-order valence-corrected chi connectivity index (χ3v) is 8.33. The first-order valence-corrected chi connectivity index (χ1v) is 16.3. The van der Waals surface area contributed by atoms with E-state index in [2.05, 4.69) is 15.5 Å². The lowest BCUT2D eigenvalue weighted by atomic mass is 10.0. The van der Waals surface area contributed by atoms with E-state index in [0.717, 1.165) is 34.7 Å². The lowest BCUT2D eigenvalue weighted by molar-refractivity contribution is 0.0206. The number of nitrogens with one attached hydrogen (secondary N) is 1. The van der Waals surface area contributed by atoms with E-state index >= 15 is 0 Å². The third kappa shape index (κ3) is 7.43. The van der Waals surface area contributed by atoms with E-state index < -0.39 is 15.4 Å². The van der Waals surface area contributed by atoms with Gasteiger partial charge < -0.3 is 19.7 Å². The van der Waals surface area contributed by atoms with E-state index in [1.807, 2.05) is 76.2 Å². The highest BCUT2D eigenvalue weighted by molar-refractivity contribution is 7.90. The van der Waals surface area contributed by atoms with Crippen LogP contribution < -0.4 is 10.1 Å². The Labute approximate surface area is 253 Å². The van der Waals surface area contributed by atoms with Gasteiger partial charge in [-0.3, -0.25) is 0 Å². The van der Waals surface area contributed by atoms with Gasteiger partial charge in [0.15, 0.2) is 15.7 Å². The summed E-state index contributed by atoms with van der Waals surface area (Å²) in [5, 5.41) is 14.5. The average molecular weight is 603 g/mol. The van der Waals surface area contributed by atoms with Crippen LogP contribution in [0, 0.1) is 6.92 Å². The normalized spacial score (nSPS) is 15.7. The fourth-order valence-electron chi connectivity index (χ4n) is 5.14. The second-order valence-electron chi connectivity index (χ2n) is 12.1. The predicted octanol–water partition coefficient (Wildman–Crippen LogP) is 6.40. The van der Waals surface area contributed by atoms with Crippen molar-refractivity contribution in [3.05, 3.63) is 77.9 Å². The largest absolute Gasteiger partial charge is 0.488 e. The maximum atomic E-state index is 12.7. The molecule has 2 heterocycles. The summed E-state index contributed by atoms with van der Waals surface area (Å²) >= 11 is 0. The molecule has 9 nitrogen and oxygen atoms in total. The van der Waals surface area contributed by atoms with Crippen LogP contribution in [0.15, 0.2) is 71.6 Å². The van der Waals surface area contributed by atoms with Crippen molar-refractivity contribution in [2.75, 3.05) is 24.7 Å². The number of piperidine rings is 1. The number of aromatic nitrogens is 2. The van der Waals surface area contributed by atoms with Crippen molar-refractivity contribution in [3.63, 3.8) is 0 Å². The number of anilines is 1. The molecular formula is C33H38N4O5S. The minimum absolute atomic E-state index is 0.0234. The second-order valence-corrected chi connectivity index (χ2v) is 14.1. The monoisotopic (exact) mass is 602 g/mol. The van der Waals surface area contributed by atoms with E-state index in [4.69, 9.17) is 9.47 Å². The molecule has 1 aromatic heterocycles. The standard InChI is InChI=1S/C33H38N4O5S/c1-22-13-15-26-28(18-22)30(35-36-31(26)34-24-12-9-17-37(20-24)32(38)42-33(2,3)4)27-16-14-25(43(5,39)40)19-29(27)41-21-23-10-7-6-8-11-23/h6-8,10-11,13-16,18-19,24H,9,12,17,20-21H2,1-5H3,(H,34,36)/t24-/m1/s1. The van der Waals surface area contributed by atoms with Gasteiger partial charge in [-0.2, -0.15) is 0 Å². The molecule has 43 heavy (non-hydrogen) atoms. The zero-order chi connectivity index (χ0) is 30.8. The summed E-state index contributed by atoms with van der Waals surface area (Å²) in [6, 6.07) is 20.6. The van der Waals surface area contributed by atoms with Crippen LogP contribution >= 0.6 is 0 Å². The number of fused-ring (bicyclic) bond motifs is 1. The first-order chi connectivity index (χ1) is 20.4. The molecule has 4 aromatic rings. The number of nitrogens with zero attached hydrogens (tertiary/aromatic N) is 3. The highest BCUT2D eigenvalue weighted by atomic mass is 32.2. The SMILES string of the molecule is Cc1ccc2c(N[C@@H]3CCCN(C(=O)OC(C)(C)C)C3)nnc(-c3ccc(S(C)(=O)=O)cc3OCc3ccccc3)c2c1. The number of hydrogen-bond donors (Lipinski definition) is 1. The van der Waals surface area contributed by atoms with Crippen LogP contribution in [0.1, 0.15) is 44.7 Å². The Morgan fingerprint density at radius 1 is 1.02 bits per heavy atom. The van der Waals surface area contributed by atoms with Gasteiger partial charge in [0.2, 0.25) is 0 Å². The molecule has 0 saturated carbocycles. The molecule has 1 N–H and O–H groups in total. The van der Waals surface area contributed by atoms with Crippen molar-refractivity contribution in [1.82, 2.24) is 15.1 Å². The van der Waals surface area contributed by atoms with Crippen molar-refractivity contribution in [2.24, 2.45) is 0 Å². The first kappa shape index (κ1) is 30.3. The van der Waals surface area contributed by atoms with Gasteiger partial charge in [0.05, 0.1) is 4.90 Å². The molecule has 10 heteroatoms. The number of aryl methyl sites for hydroxylation is 1. The van der Waals surface area contributed by atoms with Crippen molar-refractivity contribution in [1.29, 1.82) is 0 Å². The number of benzene rings is 3. The molecule has 0 spiro atoms. The molecule has 226 valence electrons. The summed E-state index contributed by atoms with van der Waals surface area (Å²) in [5.74, 6) is 1.03. The summed E-state index contributed by atoms with van der Waals surface area (Å²) in [4.78, 5) is 14.6. The fourth-order valence-corrected chi connectivity index (χ4v) is 5.77. The summed E-state index contributed by atoms with van der Waals surface area (Å²) in [6.45, 7) is 9.01. The van der Waals surface area contributed by atoms with E-state index in [-0.39, 0.29) is 23.6 Å². The van der Waals surface area contributed by atoms with Gasteiger partial charge in [-0.05, 0) is 70.4 Å². The Hall–Kier alpha value is -4.18. The molecule has 1 fully saturated rings. The predicted molar refractivity (Wildman–Crippen MR) is 168 cm³/mol. The lowest BCUT2D eigenvalue weighted by Gasteiger charge is -2.34. The molecule has 1 aliphatic heterocycles. The molecular weight excluding hydrogens is 564 g/mol. The molecule has 0 aliphatic carbocycles. The number of carbonyl (C=O) groups excluding carboxylic acids is 1. The van der Waals surface area contributed by atoms with Gasteiger partial charge in [-0.1, -0.05) is 48.0 Å². The van der Waals surface area contributed by atoms with Gasteiger partial charge in [-0.25, -0.2) is 13.2 Å². The minimum atomic E-state index is -3.46. The number of rotatable bonds is 7. The highest BCUT2D eigenvalue weighted by Crippen LogP contribution is 2.37. The van der Waals surface area contributed by atoms with Gasteiger partial charge >= 0.3 is 6.09 Å². The van der Waals surface area contributed by atoms with Crippen molar-refractivity contribution < 1.29 is 22.7 Å². The Bertz CT molecular complexity index is 1740. The molecule has 1 amide bonds. The Kier molecular flexibility index (Phi) is 8.59. The van der Waals surface area contributed by atoms with E-state index in [1.165, 1.54) is 6.26 Å². The molecule has 1 atom stereocenters.